The first-order valence-electron chi connectivity index (χ1n) is 7.39. The lowest BCUT2D eigenvalue weighted by atomic mass is 10.1. The first-order valence-corrected chi connectivity index (χ1v) is 7.39. The van der Waals surface area contributed by atoms with Crippen molar-refractivity contribution in [1.82, 2.24) is 10.6 Å². The SMILES string of the molecule is C=CCNCC(=O)NCCCCCCCCCC. The third-order valence-corrected chi connectivity index (χ3v) is 2.93. The topological polar surface area (TPSA) is 41.1 Å². The molecule has 0 bridgehead atoms. The minimum absolute atomic E-state index is 0.0831. The van der Waals surface area contributed by atoms with Gasteiger partial charge in [0, 0.05) is 13.1 Å². The predicted octanol–water partition coefficient (Wildman–Crippen LogP) is 3.02. The van der Waals surface area contributed by atoms with Crippen LogP contribution in [-0.4, -0.2) is 25.5 Å². The second-order valence-corrected chi connectivity index (χ2v) is 4.74. The molecule has 0 aromatic carbocycles. The fraction of sp³-hybridized carbons (Fsp3) is 0.800. The number of rotatable bonds is 13. The van der Waals surface area contributed by atoms with Gasteiger partial charge >= 0.3 is 0 Å². The van der Waals surface area contributed by atoms with E-state index < -0.39 is 0 Å². The molecular formula is C15H30N2O. The van der Waals surface area contributed by atoms with Crippen molar-refractivity contribution in [2.75, 3.05) is 19.6 Å². The van der Waals surface area contributed by atoms with Crippen LogP contribution in [0.5, 0.6) is 0 Å². The van der Waals surface area contributed by atoms with E-state index in [9.17, 15) is 4.79 Å². The summed E-state index contributed by atoms with van der Waals surface area (Å²) in [5.41, 5.74) is 0. The van der Waals surface area contributed by atoms with Crippen LogP contribution in [0, 0.1) is 0 Å². The van der Waals surface area contributed by atoms with E-state index in [1.54, 1.807) is 6.08 Å². The van der Waals surface area contributed by atoms with Crippen molar-refractivity contribution in [2.24, 2.45) is 0 Å². The van der Waals surface area contributed by atoms with Crippen LogP contribution in [0.3, 0.4) is 0 Å². The third kappa shape index (κ3) is 13.2. The molecule has 0 radical (unpaired) electrons. The summed E-state index contributed by atoms with van der Waals surface area (Å²) < 4.78 is 0. The van der Waals surface area contributed by atoms with Gasteiger partial charge in [0.05, 0.1) is 6.54 Å². The van der Waals surface area contributed by atoms with Gasteiger partial charge in [0.2, 0.25) is 5.91 Å². The highest BCUT2D eigenvalue weighted by Crippen LogP contribution is 2.07. The number of carbonyl (C=O) groups excluding carboxylic acids is 1. The molecule has 2 N–H and O–H groups in total. The lowest BCUT2D eigenvalue weighted by molar-refractivity contribution is -0.120. The smallest absolute Gasteiger partial charge is 0.233 e. The van der Waals surface area contributed by atoms with Gasteiger partial charge < -0.3 is 10.6 Å². The Morgan fingerprint density at radius 1 is 1.06 bits per heavy atom. The van der Waals surface area contributed by atoms with Crippen LogP contribution < -0.4 is 10.6 Å². The van der Waals surface area contributed by atoms with E-state index in [2.05, 4.69) is 24.1 Å². The van der Waals surface area contributed by atoms with Crippen LogP contribution in [0.2, 0.25) is 0 Å². The molecule has 0 heterocycles. The van der Waals surface area contributed by atoms with Crippen molar-refractivity contribution < 1.29 is 4.79 Å². The van der Waals surface area contributed by atoms with Crippen molar-refractivity contribution >= 4 is 5.91 Å². The van der Waals surface area contributed by atoms with Gasteiger partial charge in [-0.05, 0) is 6.42 Å². The van der Waals surface area contributed by atoms with Crippen LogP contribution in [0.25, 0.3) is 0 Å². The fourth-order valence-corrected chi connectivity index (χ4v) is 1.84. The maximum Gasteiger partial charge on any atom is 0.233 e. The van der Waals surface area contributed by atoms with Gasteiger partial charge in [0.25, 0.3) is 0 Å². The summed E-state index contributed by atoms with van der Waals surface area (Å²) in [6.45, 7) is 7.72. The molecule has 3 heteroatoms. The Morgan fingerprint density at radius 3 is 2.28 bits per heavy atom. The minimum Gasteiger partial charge on any atom is -0.355 e. The zero-order valence-corrected chi connectivity index (χ0v) is 12.0. The minimum atomic E-state index is 0.0831. The lowest BCUT2D eigenvalue weighted by Crippen LogP contribution is -2.34. The number of hydrogen-bond acceptors (Lipinski definition) is 2. The molecule has 0 atom stereocenters. The molecule has 18 heavy (non-hydrogen) atoms. The Morgan fingerprint density at radius 2 is 1.67 bits per heavy atom. The fourth-order valence-electron chi connectivity index (χ4n) is 1.84. The molecule has 0 saturated heterocycles. The van der Waals surface area contributed by atoms with Crippen LogP contribution in [0.1, 0.15) is 58.3 Å². The highest BCUT2D eigenvalue weighted by molar-refractivity contribution is 5.77. The maximum atomic E-state index is 11.3. The van der Waals surface area contributed by atoms with Crippen LogP contribution >= 0.6 is 0 Å². The summed E-state index contributed by atoms with van der Waals surface area (Å²) in [6, 6.07) is 0. The first kappa shape index (κ1) is 17.2. The van der Waals surface area contributed by atoms with Crippen LogP contribution in [0.4, 0.5) is 0 Å². The quantitative estimate of drug-likeness (QED) is 0.392. The summed E-state index contributed by atoms with van der Waals surface area (Å²) in [4.78, 5) is 11.3. The second kappa shape index (κ2) is 14.2. The molecule has 0 aromatic rings. The van der Waals surface area contributed by atoms with Crippen molar-refractivity contribution in [2.45, 2.75) is 58.3 Å². The molecule has 0 aliphatic rings. The molecule has 0 spiro atoms. The molecule has 0 rings (SSSR count). The number of amides is 1. The standard InChI is InChI=1S/C15H30N2O/c1-3-5-6-7-8-9-10-11-13-17-15(18)14-16-12-4-2/h4,16H,2-3,5-14H2,1H3,(H,17,18). The Bertz CT molecular complexity index is 205. The van der Waals surface area contributed by atoms with E-state index in [1.807, 2.05) is 0 Å². The summed E-state index contributed by atoms with van der Waals surface area (Å²) in [6.07, 6.45) is 12.1. The Labute approximate surface area is 112 Å². The summed E-state index contributed by atoms with van der Waals surface area (Å²) in [5.74, 6) is 0.0831. The van der Waals surface area contributed by atoms with E-state index in [4.69, 9.17) is 0 Å². The van der Waals surface area contributed by atoms with Crippen LogP contribution in [0.15, 0.2) is 12.7 Å². The van der Waals surface area contributed by atoms with Gasteiger partial charge in [-0.3, -0.25) is 4.79 Å². The molecule has 0 aromatic heterocycles. The molecule has 0 aliphatic heterocycles. The summed E-state index contributed by atoms with van der Waals surface area (Å²) >= 11 is 0. The number of carbonyl (C=O) groups is 1. The van der Waals surface area contributed by atoms with Gasteiger partial charge in [0.15, 0.2) is 0 Å². The van der Waals surface area contributed by atoms with Crippen molar-refractivity contribution in [3.8, 4) is 0 Å². The van der Waals surface area contributed by atoms with Crippen molar-refractivity contribution in [3.63, 3.8) is 0 Å². The molecule has 0 saturated carbocycles. The molecule has 1 amide bonds. The monoisotopic (exact) mass is 254 g/mol. The zero-order chi connectivity index (χ0) is 13.5. The molecule has 0 fully saturated rings. The third-order valence-electron chi connectivity index (χ3n) is 2.93. The highest BCUT2D eigenvalue weighted by Gasteiger charge is 1.98. The first-order chi connectivity index (χ1) is 8.81. The Balaban J connectivity index is 3.10. The molecule has 106 valence electrons. The number of nitrogens with one attached hydrogen (secondary N) is 2. The average Bonchev–Trinajstić information content (AvgIpc) is 2.37. The molecular weight excluding hydrogens is 224 g/mol. The summed E-state index contributed by atoms with van der Waals surface area (Å²) in [5, 5.41) is 5.90. The predicted molar refractivity (Wildman–Crippen MR) is 78.7 cm³/mol. The normalized spacial score (nSPS) is 10.3. The van der Waals surface area contributed by atoms with Crippen LogP contribution in [-0.2, 0) is 4.79 Å². The van der Waals surface area contributed by atoms with Gasteiger partial charge in [-0.25, -0.2) is 0 Å². The number of hydrogen-bond donors (Lipinski definition) is 2. The lowest BCUT2D eigenvalue weighted by Gasteiger charge is -2.05. The van der Waals surface area contributed by atoms with Gasteiger partial charge in [-0.15, -0.1) is 6.58 Å². The number of unbranched alkanes of at least 4 members (excludes halogenated alkanes) is 7. The molecule has 0 unspecified atom stereocenters. The zero-order valence-electron chi connectivity index (χ0n) is 12.0. The molecule has 0 aliphatic carbocycles. The van der Waals surface area contributed by atoms with Crippen molar-refractivity contribution in [1.29, 1.82) is 0 Å². The molecule has 3 nitrogen and oxygen atoms in total. The summed E-state index contributed by atoms with van der Waals surface area (Å²) in [7, 11) is 0. The van der Waals surface area contributed by atoms with E-state index in [0.29, 0.717) is 13.1 Å². The highest BCUT2D eigenvalue weighted by atomic mass is 16.1. The van der Waals surface area contributed by atoms with E-state index in [0.717, 1.165) is 13.0 Å². The largest absolute Gasteiger partial charge is 0.355 e. The van der Waals surface area contributed by atoms with E-state index >= 15 is 0 Å². The Kier molecular flexibility index (Phi) is 13.6. The second-order valence-electron chi connectivity index (χ2n) is 4.74. The van der Waals surface area contributed by atoms with E-state index in [1.165, 1.54) is 44.9 Å². The van der Waals surface area contributed by atoms with Gasteiger partial charge in [-0.2, -0.15) is 0 Å². The Hall–Kier alpha value is -0.830. The maximum absolute atomic E-state index is 11.3. The van der Waals surface area contributed by atoms with Gasteiger partial charge in [0.1, 0.15) is 0 Å². The van der Waals surface area contributed by atoms with Crippen molar-refractivity contribution in [3.05, 3.63) is 12.7 Å². The van der Waals surface area contributed by atoms with E-state index in [-0.39, 0.29) is 5.91 Å². The average molecular weight is 254 g/mol. The van der Waals surface area contributed by atoms with Gasteiger partial charge in [-0.1, -0.05) is 57.9 Å².